The normalized spacial score (nSPS) is 19.9. The summed E-state index contributed by atoms with van der Waals surface area (Å²) < 4.78 is 5.69. The van der Waals surface area contributed by atoms with Crippen molar-refractivity contribution in [2.24, 2.45) is 11.3 Å². The highest BCUT2D eigenvalue weighted by Gasteiger charge is 2.40. The molecule has 7 heteroatoms. The first-order chi connectivity index (χ1) is 16.9. The second kappa shape index (κ2) is 14.4. The number of nitrogens with one attached hydrogen (secondary N) is 1. The van der Waals surface area contributed by atoms with Gasteiger partial charge in [0.15, 0.2) is 0 Å². The smallest absolute Gasteiger partial charge is 0.223 e. The van der Waals surface area contributed by atoms with E-state index in [1.54, 1.807) is 0 Å². The zero-order chi connectivity index (χ0) is 24.8. The third-order valence-corrected chi connectivity index (χ3v) is 7.64. The number of benzene rings is 2. The van der Waals surface area contributed by atoms with Crippen LogP contribution in [-0.4, -0.2) is 61.1 Å². The Morgan fingerprint density at radius 1 is 0.973 bits per heavy atom. The molecule has 206 valence electrons. The van der Waals surface area contributed by atoms with Crippen LogP contribution in [0.3, 0.4) is 0 Å². The van der Waals surface area contributed by atoms with Crippen LogP contribution in [0.5, 0.6) is 5.75 Å². The lowest BCUT2D eigenvalue weighted by atomic mass is 9.82. The molecular weight excluding hydrogens is 505 g/mol. The monoisotopic (exact) mass is 549 g/mol. The van der Waals surface area contributed by atoms with Gasteiger partial charge in [0.05, 0.1) is 12.6 Å². The average Bonchev–Trinajstić information content (AvgIpc) is 2.86. The van der Waals surface area contributed by atoms with Gasteiger partial charge in [0, 0.05) is 32.1 Å². The maximum atomic E-state index is 13.5. The molecule has 0 bridgehead atoms. The van der Waals surface area contributed by atoms with Crippen LogP contribution in [0.25, 0.3) is 0 Å². The molecule has 1 unspecified atom stereocenters. The van der Waals surface area contributed by atoms with Crippen molar-refractivity contribution >= 4 is 30.7 Å². The molecule has 2 aliphatic rings. The Hall–Kier alpha value is -1.79. The number of piperidine rings is 1. The SMILES string of the molecule is CCOc1ccc(C(c2ccccc2)N2CCN(C(=O)CC3CCNCC3)[C@@H](C(C)(C)C)C2)cc1.Cl.Cl. The van der Waals surface area contributed by atoms with Gasteiger partial charge in [-0.05, 0) is 67.4 Å². The Kier molecular flexibility index (Phi) is 12.2. The van der Waals surface area contributed by atoms with Crippen molar-refractivity contribution in [3.05, 3.63) is 65.7 Å². The Morgan fingerprint density at radius 3 is 2.19 bits per heavy atom. The van der Waals surface area contributed by atoms with Crippen LogP contribution in [0.15, 0.2) is 54.6 Å². The number of carbonyl (C=O) groups is 1. The van der Waals surface area contributed by atoms with Gasteiger partial charge < -0.3 is 15.0 Å². The minimum absolute atomic E-state index is 0. The molecule has 2 aromatic rings. The Labute approximate surface area is 236 Å². The molecule has 0 spiro atoms. The molecule has 1 N–H and O–H groups in total. The minimum Gasteiger partial charge on any atom is -0.494 e. The van der Waals surface area contributed by atoms with E-state index in [1.807, 2.05) is 6.92 Å². The van der Waals surface area contributed by atoms with Crippen molar-refractivity contribution in [2.45, 2.75) is 59.0 Å². The molecule has 2 saturated heterocycles. The summed E-state index contributed by atoms with van der Waals surface area (Å²) >= 11 is 0. The van der Waals surface area contributed by atoms with Crippen molar-refractivity contribution in [3.63, 3.8) is 0 Å². The first kappa shape index (κ1) is 31.4. The highest BCUT2D eigenvalue weighted by atomic mass is 35.5. The van der Waals surface area contributed by atoms with E-state index in [0.29, 0.717) is 24.9 Å². The van der Waals surface area contributed by atoms with Gasteiger partial charge in [-0.1, -0.05) is 63.2 Å². The summed E-state index contributed by atoms with van der Waals surface area (Å²) in [5.74, 6) is 1.76. The van der Waals surface area contributed by atoms with Crippen LogP contribution in [0.1, 0.15) is 64.1 Å². The predicted octanol–water partition coefficient (Wildman–Crippen LogP) is 5.97. The maximum Gasteiger partial charge on any atom is 0.223 e. The van der Waals surface area contributed by atoms with Gasteiger partial charge in [-0.15, -0.1) is 24.8 Å². The topological polar surface area (TPSA) is 44.8 Å². The summed E-state index contributed by atoms with van der Waals surface area (Å²) in [6.07, 6.45) is 2.91. The summed E-state index contributed by atoms with van der Waals surface area (Å²) in [6, 6.07) is 19.7. The van der Waals surface area contributed by atoms with Gasteiger partial charge in [-0.3, -0.25) is 9.69 Å². The fourth-order valence-corrected chi connectivity index (χ4v) is 5.69. The van der Waals surface area contributed by atoms with Crippen LogP contribution in [0, 0.1) is 11.3 Å². The Morgan fingerprint density at radius 2 is 1.59 bits per heavy atom. The molecule has 2 aliphatic heterocycles. The largest absolute Gasteiger partial charge is 0.494 e. The number of carbonyl (C=O) groups excluding carboxylic acids is 1. The molecule has 2 heterocycles. The summed E-state index contributed by atoms with van der Waals surface area (Å²) in [5.41, 5.74) is 2.56. The van der Waals surface area contributed by atoms with Crippen LogP contribution in [0.4, 0.5) is 0 Å². The van der Waals surface area contributed by atoms with Crippen molar-refractivity contribution in [2.75, 3.05) is 39.3 Å². The van der Waals surface area contributed by atoms with Gasteiger partial charge in [0.2, 0.25) is 5.91 Å². The van der Waals surface area contributed by atoms with Crippen LogP contribution < -0.4 is 10.1 Å². The highest BCUT2D eigenvalue weighted by Crippen LogP contribution is 2.36. The predicted molar refractivity (Wildman–Crippen MR) is 157 cm³/mol. The molecule has 0 saturated carbocycles. The van der Waals surface area contributed by atoms with Crippen molar-refractivity contribution < 1.29 is 9.53 Å². The molecule has 0 aromatic heterocycles. The molecule has 2 atom stereocenters. The standard InChI is InChI=1S/C30H43N3O2.2ClH/c1-5-35-26-13-11-25(12-14-26)29(24-9-7-6-8-10-24)32-19-20-33(27(22-32)30(2,3)4)28(34)21-23-15-17-31-18-16-23;;/h6-14,23,27,29,31H,5,15-22H2,1-4H3;2*1H/t27-,29?;;/m1../s1. The number of hydrogen-bond acceptors (Lipinski definition) is 4. The Balaban J connectivity index is 0.00000241. The quantitative estimate of drug-likeness (QED) is 0.462. The van der Waals surface area contributed by atoms with Gasteiger partial charge in [0.25, 0.3) is 0 Å². The summed E-state index contributed by atoms with van der Waals surface area (Å²) in [7, 11) is 0. The first-order valence-electron chi connectivity index (χ1n) is 13.4. The first-order valence-corrected chi connectivity index (χ1v) is 13.4. The van der Waals surface area contributed by atoms with E-state index in [-0.39, 0.29) is 42.3 Å². The number of piperazine rings is 1. The number of halogens is 2. The molecule has 5 nitrogen and oxygen atoms in total. The molecule has 2 fully saturated rings. The van der Waals surface area contributed by atoms with Crippen LogP contribution >= 0.6 is 24.8 Å². The molecule has 37 heavy (non-hydrogen) atoms. The van der Waals surface area contributed by atoms with E-state index in [2.05, 4.69) is 90.5 Å². The van der Waals surface area contributed by atoms with Crippen LogP contribution in [0.2, 0.25) is 0 Å². The molecular formula is C30H45Cl2N3O2. The van der Waals surface area contributed by atoms with Gasteiger partial charge in [0.1, 0.15) is 5.75 Å². The van der Waals surface area contributed by atoms with Crippen LogP contribution in [-0.2, 0) is 4.79 Å². The fraction of sp³-hybridized carbons (Fsp3) is 0.567. The molecule has 2 aromatic carbocycles. The zero-order valence-electron chi connectivity index (χ0n) is 22.8. The third-order valence-electron chi connectivity index (χ3n) is 7.64. The van der Waals surface area contributed by atoms with E-state index in [4.69, 9.17) is 4.74 Å². The highest BCUT2D eigenvalue weighted by molar-refractivity contribution is 5.85. The summed E-state index contributed by atoms with van der Waals surface area (Å²) in [4.78, 5) is 18.3. The van der Waals surface area contributed by atoms with Gasteiger partial charge in [-0.25, -0.2) is 0 Å². The second-order valence-corrected chi connectivity index (χ2v) is 11.2. The Bertz CT molecular complexity index is 944. The van der Waals surface area contributed by atoms with Crippen molar-refractivity contribution in [1.29, 1.82) is 0 Å². The number of rotatable bonds is 7. The minimum atomic E-state index is 0. The average molecular weight is 551 g/mol. The van der Waals surface area contributed by atoms with E-state index in [9.17, 15) is 4.79 Å². The third kappa shape index (κ3) is 8.10. The lowest BCUT2D eigenvalue weighted by Gasteiger charge is -2.49. The molecule has 4 rings (SSSR count). The van der Waals surface area contributed by atoms with Gasteiger partial charge in [-0.2, -0.15) is 0 Å². The van der Waals surface area contributed by atoms with E-state index in [0.717, 1.165) is 51.3 Å². The van der Waals surface area contributed by atoms with E-state index >= 15 is 0 Å². The lowest BCUT2D eigenvalue weighted by molar-refractivity contribution is -0.141. The molecule has 0 aliphatic carbocycles. The summed E-state index contributed by atoms with van der Waals surface area (Å²) in [6.45, 7) is 14.1. The lowest BCUT2D eigenvalue weighted by Crippen LogP contribution is -2.60. The molecule has 1 amide bonds. The number of ether oxygens (including phenoxy) is 1. The van der Waals surface area contributed by atoms with Crippen molar-refractivity contribution in [3.8, 4) is 5.75 Å². The second-order valence-electron chi connectivity index (χ2n) is 11.2. The maximum absolute atomic E-state index is 13.5. The van der Waals surface area contributed by atoms with Gasteiger partial charge >= 0.3 is 0 Å². The zero-order valence-corrected chi connectivity index (χ0v) is 24.5. The van der Waals surface area contributed by atoms with E-state index < -0.39 is 0 Å². The fourth-order valence-electron chi connectivity index (χ4n) is 5.69. The van der Waals surface area contributed by atoms with E-state index in [1.165, 1.54) is 11.1 Å². The number of hydrogen-bond donors (Lipinski definition) is 1. The number of nitrogens with zero attached hydrogens (tertiary/aromatic N) is 2. The summed E-state index contributed by atoms with van der Waals surface area (Å²) in [5, 5.41) is 3.42. The molecule has 0 radical (unpaired) electrons. The number of amides is 1. The van der Waals surface area contributed by atoms with Crippen molar-refractivity contribution in [1.82, 2.24) is 15.1 Å².